The molecule has 1 aliphatic rings. The lowest BCUT2D eigenvalue weighted by atomic mass is 10.1. The SMILES string of the molecule is COC(=O)C1=C(Nc2ccccc2C(=O)OC)C(=O)N(CCO)C1. The van der Waals surface area contributed by atoms with E-state index in [9.17, 15) is 14.4 Å². The highest BCUT2D eigenvalue weighted by Gasteiger charge is 2.34. The second-order valence-corrected chi connectivity index (χ2v) is 4.96. The van der Waals surface area contributed by atoms with Crippen molar-refractivity contribution in [1.82, 2.24) is 4.90 Å². The predicted octanol–water partition coefficient (Wildman–Crippen LogP) is 0.147. The van der Waals surface area contributed by atoms with Gasteiger partial charge in [0.2, 0.25) is 0 Å². The molecule has 0 aliphatic carbocycles. The van der Waals surface area contributed by atoms with E-state index in [1.165, 1.54) is 25.2 Å². The first-order chi connectivity index (χ1) is 11.5. The fourth-order valence-corrected chi connectivity index (χ4v) is 2.36. The topological polar surface area (TPSA) is 105 Å². The molecule has 0 aromatic heterocycles. The van der Waals surface area contributed by atoms with E-state index in [0.29, 0.717) is 5.69 Å². The van der Waals surface area contributed by atoms with Crippen molar-refractivity contribution >= 4 is 23.5 Å². The Morgan fingerprint density at radius 2 is 1.88 bits per heavy atom. The van der Waals surface area contributed by atoms with Crippen molar-refractivity contribution in [2.75, 3.05) is 39.2 Å². The number of methoxy groups -OCH3 is 2. The lowest BCUT2D eigenvalue weighted by Gasteiger charge is -2.15. The summed E-state index contributed by atoms with van der Waals surface area (Å²) >= 11 is 0. The number of carbonyl (C=O) groups excluding carboxylic acids is 3. The van der Waals surface area contributed by atoms with Crippen molar-refractivity contribution in [2.45, 2.75) is 0 Å². The van der Waals surface area contributed by atoms with Crippen molar-refractivity contribution in [3.63, 3.8) is 0 Å². The van der Waals surface area contributed by atoms with Crippen molar-refractivity contribution in [3.8, 4) is 0 Å². The molecule has 8 heteroatoms. The number of benzene rings is 1. The van der Waals surface area contributed by atoms with Gasteiger partial charge < -0.3 is 24.8 Å². The summed E-state index contributed by atoms with van der Waals surface area (Å²) in [5.41, 5.74) is 0.715. The number of para-hydroxylation sites is 1. The number of aliphatic hydroxyl groups excluding tert-OH is 1. The van der Waals surface area contributed by atoms with Crippen LogP contribution in [0.15, 0.2) is 35.5 Å². The molecular formula is C16H18N2O6. The Morgan fingerprint density at radius 1 is 1.21 bits per heavy atom. The van der Waals surface area contributed by atoms with Crippen LogP contribution in [0.4, 0.5) is 5.69 Å². The molecule has 8 nitrogen and oxygen atoms in total. The number of nitrogens with one attached hydrogen (secondary N) is 1. The first-order valence-corrected chi connectivity index (χ1v) is 7.19. The van der Waals surface area contributed by atoms with Crippen molar-refractivity contribution < 1.29 is 29.0 Å². The fourth-order valence-electron chi connectivity index (χ4n) is 2.36. The molecule has 2 N–H and O–H groups in total. The summed E-state index contributed by atoms with van der Waals surface area (Å²) in [6.45, 7) is -0.121. The normalized spacial score (nSPS) is 14.0. The van der Waals surface area contributed by atoms with Crippen LogP contribution >= 0.6 is 0 Å². The first-order valence-electron chi connectivity index (χ1n) is 7.19. The van der Waals surface area contributed by atoms with Gasteiger partial charge in [0.25, 0.3) is 5.91 Å². The number of ether oxygens (including phenoxy) is 2. The van der Waals surface area contributed by atoms with E-state index in [1.807, 2.05) is 0 Å². The van der Waals surface area contributed by atoms with Gasteiger partial charge in [-0.3, -0.25) is 4.79 Å². The zero-order valence-electron chi connectivity index (χ0n) is 13.4. The number of nitrogens with zero attached hydrogens (tertiary/aromatic N) is 1. The summed E-state index contributed by atoms with van der Waals surface area (Å²) in [4.78, 5) is 37.5. The van der Waals surface area contributed by atoms with Crippen LogP contribution in [0.3, 0.4) is 0 Å². The Hall–Kier alpha value is -2.87. The predicted molar refractivity (Wildman–Crippen MR) is 84.1 cm³/mol. The molecule has 0 spiro atoms. The van der Waals surface area contributed by atoms with Gasteiger partial charge in [-0.25, -0.2) is 9.59 Å². The van der Waals surface area contributed by atoms with E-state index in [0.717, 1.165) is 0 Å². The average Bonchev–Trinajstić information content (AvgIpc) is 2.91. The number of hydrogen-bond donors (Lipinski definition) is 2. The molecule has 0 radical (unpaired) electrons. The molecule has 0 fully saturated rings. The molecule has 1 amide bonds. The number of carbonyl (C=O) groups is 3. The van der Waals surface area contributed by atoms with Crippen LogP contribution in [-0.4, -0.2) is 61.8 Å². The molecule has 1 heterocycles. The average molecular weight is 334 g/mol. The van der Waals surface area contributed by atoms with Gasteiger partial charge in [-0.2, -0.15) is 0 Å². The fraction of sp³-hybridized carbons (Fsp3) is 0.312. The standard InChI is InChI=1S/C16H18N2O6/c1-23-15(21)10-5-3-4-6-12(10)17-13-11(16(22)24-2)9-18(7-8-19)14(13)20/h3-6,17,19H,7-9H2,1-2H3. The van der Waals surface area contributed by atoms with Crippen LogP contribution in [0.25, 0.3) is 0 Å². The Kier molecular flexibility index (Phi) is 5.54. The lowest BCUT2D eigenvalue weighted by molar-refractivity contribution is -0.136. The van der Waals surface area contributed by atoms with Gasteiger partial charge in [-0.15, -0.1) is 0 Å². The molecule has 1 aliphatic heterocycles. The molecular weight excluding hydrogens is 316 g/mol. The summed E-state index contributed by atoms with van der Waals surface area (Å²) in [6.07, 6.45) is 0. The summed E-state index contributed by atoms with van der Waals surface area (Å²) in [5, 5.41) is 11.9. The van der Waals surface area contributed by atoms with Crippen LogP contribution in [0.1, 0.15) is 10.4 Å². The first kappa shape index (κ1) is 17.5. The molecule has 0 unspecified atom stereocenters. The van der Waals surface area contributed by atoms with E-state index >= 15 is 0 Å². The number of aliphatic hydroxyl groups is 1. The summed E-state index contributed by atoms with van der Waals surface area (Å²) in [5.74, 6) is -1.68. The molecule has 0 saturated heterocycles. The smallest absolute Gasteiger partial charge is 0.339 e. The highest BCUT2D eigenvalue weighted by atomic mass is 16.5. The molecule has 0 atom stereocenters. The minimum atomic E-state index is -0.651. The Labute approximate surface area is 138 Å². The van der Waals surface area contributed by atoms with E-state index in [1.54, 1.807) is 18.2 Å². The van der Waals surface area contributed by atoms with Crippen LogP contribution in [-0.2, 0) is 19.1 Å². The largest absolute Gasteiger partial charge is 0.466 e. The molecule has 128 valence electrons. The van der Waals surface area contributed by atoms with Crippen LogP contribution in [0, 0.1) is 0 Å². The summed E-state index contributed by atoms with van der Waals surface area (Å²) in [6, 6.07) is 6.47. The second-order valence-electron chi connectivity index (χ2n) is 4.96. The van der Waals surface area contributed by atoms with Gasteiger partial charge in [0.15, 0.2) is 0 Å². The van der Waals surface area contributed by atoms with Crippen LogP contribution < -0.4 is 5.32 Å². The Balaban J connectivity index is 2.39. The van der Waals surface area contributed by atoms with Gasteiger partial charge in [0.1, 0.15) is 5.70 Å². The minimum absolute atomic E-state index is 0.0200. The number of amides is 1. The van der Waals surface area contributed by atoms with Gasteiger partial charge >= 0.3 is 11.9 Å². The number of hydrogen-bond acceptors (Lipinski definition) is 7. The van der Waals surface area contributed by atoms with Gasteiger partial charge in [-0.1, -0.05) is 12.1 Å². The third-order valence-electron chi connectivity index (χ3n) is 3.55. The molecule has 24 heavy (non-hydrogen) atoms. The van der Waals surface area contributed by atoms with E-state index in [2.05, 4.69) is 5.32 Å². The molecule has 0 bridgehead atoms. The monoisotopic (exact) mass is 334 g/mol. The molecule has 1 aromatic carbocycles. The maximum atomic E-state index is 12.5. The molecule has 1 aromatic rings. The molecule has 2 rings (SSSR count). The molecule has 0 saturated carbocycles. The minimum Gasteiger partial charge on any atom is -0.466 e. The lowest BCUT2D eigenvalue weighted by Crippen LogP contribution is -2.31. The zero-order chi connectivity index (χ0) is 17.7. The zero-order valence-corrected chi connectivity index (χ0v) is 13.4. The van der Waals surface area contributed by atoms with E-state index < -0.39 is 17.8 Å². The Bertz CT molecular complexity index is 698. The van der Waals surface area contributed by atoms with Crippen molar-refractivity contribution in [3.05, 3.63) is 41.1 Å². The van der Waals surface area contributed by atoms with Crippen molar-refractivity contribution in [2.24, 2.45) is 0 Å². The maximum Gasteiger partial charge on any atom is 0.339 e. The highest BCUT2D eigenvalue weighted by Crippen LogP contribution is 2.25. The highest BCUT2D eigenvalue weighted by molar-refractivity contribution is 6.09. The number of rotatable bonds is 6. The number of esters is 2. The van der Waals surface area contributed by atoms with Crippen molar-refractivity contribution in [1.29, 1.82) is 0 Å². The van der Waals surface area contributed by atoms with E-state index in [4.69, 9.17) is 14.6 Å². The summed E-state index contributed by atoms with van der Waals surface area (Å²) < 4.78 is 9.41. The third-order valence-corrected chi connectivity index (χ3v) is 3.55. The number of anilines is 1. The number of β-amino-alcohol motifs (C(OH)–C–C–N with tert-alkyl or cyclic N) is 1. The Morgan fingerprint density at radius 3 is 2.50 bits per heavy atom. The van der Waals surface area contributed by atoms with Crippen LogP contribution in [0.5, 0.6) is 0 Å². The van der Waals surface area contributed by atoms with Gasteiger partial charge in [-0.05, 0) is 12.1 Å². The summed E-state index contributed by atoms with van der Waals surface area (Å²) in [7, 11) is 2.47. The van der Waals surface area contributed by atoms with E-state index in [-0.39, 0.29) is 36.5 Å². The second kappa shape index (κ2) is 7.60. The maximum absolute atomic E-state index is 12.5. The van der Waals surface area contributed by atoms with Gasteiger partial charge in [0.05, 0.1) is 44.2 Å². The third kappa shape index (κ3) is 3.38. The van der Waals surface area contributed by atoms with Gasteiger partial charge in [0, 0.05) is 6.54 Å². The quantitative estimate of drug-likeness (QED) is 0.713. The van der Waals surface area contributed by atoms with Crippen LogP contribution in [0.2, 0.25) is 0 Å².